The molecule has 3 heterocycles. The number of fused-ring (bicyclic) bond motifs is 1. The average molecular weight is 296 g/mol. The van der Waals surface area contributed by atoms with E-state index in [-0.39, 0.29) is 16.2 Å². The number of aromatic nitrogens is 3. The summed E-state index contributed by atoms with van der Waals surface area (Å²) in [5.41, 5.74) is -0.165. The van der Waals surface area contributed by atoms with E-state index < -0.39 is 10.0 Å². The fraction of sp³-hybridized carbons (Fsp3) is 0.500. The summed E-state index contributed by atoms with van der Waals surface area (Å²) in [6, 6.07) is 3.07. The summed E-state index contributed by atoms with van der Waals surface area (Å²) in [6.07, 6.45) is 4.33. The van der Waals surface area contributed by atoms with Crippen molar-refractivity contribution in [3.05, 3.63) is 28.8 Å². The summed E-state index contributed by atoms with van der Waals surface area (Å²) < 4.78 is 29.2. The Hall–Kier alpha value is -1.67. The second-order valence-electron chi connectivity index (χ2n) is 4.94. The van der Waals surface area contributed by atoms with Crippen molar-refractivity contribution in [2.45, 2.75) is 24.2 Å². The van der Waals surface area contributed by atoms with Crippen LogP contribution in [-0.4, -0.2) is 40.0 Å². The molecule has 0 saturated carbocycles. The molecular weight excluding hydrogens is 280 g/mol. The van der Waals surface area contributed by atoms with Crippen LogP contribution in [0.1, 0.15) is 19.3 Å². The van der Waals surface area contributed by atoms with Gasteiger partial charge in [0.1, 0.15) is 4.90 Å². The van der Waals surface area contributed by atoms with Gasteiger partial charge in [0.15, 0.2) is 5.65 Å². The quantitative estimate of drug-likeness (QED) is 0.793. The van der Waals surface area contributed by atoms with Gasteiger partial charge in [-0.25, -0.2) is 22.3 Å². The van der Waals surface area contributed by atoms with Crippen LogP contribution in [-0.2, 0) is 17.1 Å². The van der Waals surface area contributed by atoms with Gasteiger partial charge in [-0.05, 0) is 25.0 Å². The molecule has 3 rings (SSSR count). The number of hydrogen-bond donors (Lipinski definition) is 0. The van der Waals surface area contributed by atoms with Crippen LogP contribution in [0.2, 0.25) is 0 Å². The van der Waals surface area contributed by atoms with Crippen molar-refractivity contribution in [3.63, 3.8) is 0 Å². The van der Waals surface area contributed by atoms with Crippen molar-refractivity contribution >= 4 is 15.7 Å². The minimum absolute atomic E-state index is 0.0969. The molecular formula is C12H16N4O3S. The average Bonchev–Trinajstić information content (AvgIpc) is 2.75. The number of sulfonamides is 1. The fourth-order valence-electron chi connectivity index (χ4n) is 2.52. The number of nitrogens with zero attached hydrogens (tertiary/aromatic N) is 4. The molecule has 0 bridgehead atoms. The highest BCUT2D eigenvalue weighted by atomic mass is 32.2. The summed E-state index contributed by atoms with van der Waals surface area (Å²) in [4.78, 5) is 11.9. The van der Waals surface area contributed by atoms with Crippen molar-refractivity contribution < 1.29 is 8.42 Å². The summed E-state index contributed by atoms with van der Waals surface area (Å²) in [5, 5.41) is 4.04. The van der Waals surface area contributed by atoms with Crippen LogP contribution >= 0.6 is 0 Å². The highest BCUT2D eigenvalue weighted by Gasteiger charge is 2.29. The first-order chi connectivity index (χ1) is 9.51. The highest BCUT2D eigenvalue weighted by molar-refractivity contribution is 7.89. The molecule has 0 aromatic carbocycles. The lowest BCUT2D eigenvalue weighted by Crippen LogP contribution is -2.35. The first kappa shape index (κ1) is 13.3. The molecule has 1 aliphatic heterocycles. The minimum Gasteiger partial charge on any atom is -0.249 e. The van der Waals surface area contributed by atoms with Crippen LogP contribution in [0.15, 0.2) is 28.0 Å². The van der Waals surface area contributed by atoms with Gasteiger partial charge in [-0.1, -0.05) is 6.42 Å². The molecule has 7 nitrogen and oxygen atoms in total. The number of pyridine rings is 1. The smallest absolute Gasteiger partial charge is 0.249 e. The van der Waals surface area contributed by atoms with Gasteiger partial charge in [-0.2, -0.15) is 4.31 Å². The van der Waals surface area contributed by atoms with Crippen molar-refractivity contribution in [2.75, 3.05) is 13.1 Å². The van der Waals surface area contributed by atoms with Gasteiger partial charge in [0.25, 0.3) is 0 Å². The summed E-state index contributed by atoms with van der Waals surface area (Å²) in [7, 11) is -2.09. The Morgan fingerprint density at radius 2 is 1.90 bits per heavy atom. The number of aryl methyl sites for hydroxylation is 1. The topological polar surface area (TPSA) is 76.7 Å². The van der Waals surface area contributed by atoms with Crippen LogP contribution < -0.4 is 5.69 Å². The van der Waals surface area contributed by atoms with E-state index in [1.807, 2.05) is 0 Å². The number of piperidine rings is 1. The Balaban J connectivity index is 2.18. The standard InChI is InChI=1S/C12H16N4O3S/c1-14-12(17)16-9-5-6-10(11(16)13-14)20(18,19)15-7-3-2-4-8-15/h5-6,9H,2-4,7-8H2,1H3. The molecule has 0 amide bonds. The third kappa shape index (κ3) is 1.95. The number of rotatable bonds is 2. The van der Waals surface area contributed by atoms with E-state index in [2.05, 4.69) is 5.10 Å². The molecule has 2 aromatic rings. The van der Waals surface area contributed by atoms with Gasteiger partial charge in [0.05, 0.1) is 0 Å². The van der Waals surface area contributed by atoms with E-state index in [1.165, 1.54) is 28.0 Å². The molecule has 1 aliphatic rings. The number of hydrogen-bond acceptors (Lipinski definition) is 4. The zero-order chi connectivity index (χ0) is 14.3. The predicted octanol–water partition coefficient (Wildman–Crippen LogP) is 0.208. The third-order valence-corrected chi connectivity index (χ3v) is 5.51. The maximum absolute atomic E-state index is 12.7. The SMILES string of the molecule is Cn1nc2c(S(=O)(=O)N3CCCCC3)cccn2c1=O. The summed E-state index contributed by atoms with van der Waals surface area (Å²) in [5.74, 6) is 0. The van der Waals surface area contributed by atoms with E-state index in [9.17, 15) is 13.2 Å². The first-order valence-corrected chi connectivity index (χ1v) is 8.00. The van der Waals surface area contributed by atoms with Gasteiger partial charge < -0.3 is 0 Å². The Bertz CT molecular complexity index is 800. The molecule has 1 fully saturated rings. The van der Waals surface area contributed by atoms with Crippen LogP contribution in [0, 0.1) is 0 Å². The molecule has 108 valence electrons. The molecule has 2 aromatic heterocycles. The second kappa shape index (κ2) is 4.71. The molecule has 0 spiro atoms. The van der Waals surface area contributed by atoms with Gasteiger partial charge in [-0.3, -0.25) is 0 Å². The Morgan fingerprint density at radius 1 is 1.20 bits per heavy atom. The molecule has 0 aliphatic carbocycles. The molecule has 8 heteroatoms. The fourth-order valence-corrected chi connectivity index (χ4v) is 4.16. The largest absolute Gasteiger partial charge is 0.350 e. The zero-order valence-electron chi connectivity index (χ0n) is 11.2. The second-order valence-corrected chi connectivity index (χ2v) is 6.84. The van der Waals surface area contributed by atoms with Gasteiger partial charge in [0.2, 0.25) is 10.0 Å². The van der Waals surface area contributed by atoms with E-state index >= 15 is 0 Å². The molecule has 0 N–H and O–H groups in total. The maximum atomic E-state index is 12.7. The lowest BCUT2D eigenvalue weighted by molar-refractivity contribution is 0.347. The lowest BCUT2D eigenvalue weighted by atomic mass is 10.2. The Kier molecular flexibility index (Phi) is 3.14. The van der Waals surface area contributed by atoms with Crippen LogP contribution in [0.4, 0.5) is 0 Å². The minimum atomic E-state index is -3.59. The summed E-state index contributed by atoms with van der Waals surface area (Å²) in [6.45, 7) is 1.06. The monoisotopic (exact) mass is 296 g/mol. The maximum Gasteiger partial charge on any atom is 0.350 e. The van der Waals surface area contributed by atoms with E-state index in [0.717, 1.165) is 23.9 Å². The van der Waals surface area contributed by atoms with Crippen LogP contribution in [0.3, 0.4) is 0 Å². The van der Waals surface area contributed by atoms with E-state index in [0.29, 0.717) is 13.1 Å². The van der Waals surface area contributed by atoms with E-state index in [1.54, 1.807) is 6.07 Å². The highest BCUT2D eigenvalue weighted by Crippen LogP contribution is 2.22. The van der Waals surface area contributed by atoms with Gasteiger partial charge in [-0.15, -0.1) is 5.10 Å². The van der Waals surface area contributed by atoms with Crippen molar-refractivity contribution in [1.29, 1.82) is 0 Å². The van der Waals surface area contributed by atoms with Gasteiger partial charge >= 0.3 is 5.69 Å². The third-order valence-electron chi connectivity index (χ3n) is 3.59. The van der Waals surface area contributed by atoms with Crippen molar-refractivity contribution in [2.24, 2.45) is 7.05 Å². The normalized spacial score (nSPS) is 17.6. The van der Waals surface area contributed by atoms with Gasteiger partial charge in [0, 0.05) is 26.3 Å². The molecule has 20 heavy (non-hydrogen) atoms. The Morgan fingerprint density at radius 3 is 2.60 bits per heavy atom. The van der Waals surface area contributed by atoms with E-state index in [4.69, 9.17) is 0 Å². The molecule has 0 radical (unpaired) electrons. The predicted molar refractivity (Wildman–Crippen MR) is 73.0 cm³/mol. The molecule has 1 saturated heterocycles. The summed E-state index contributed by atoms with van der Waals surface area (Å²) >= 11 is 0. The zero-order valence-corrected chi connectivity index (χ0v) is 12.0. The van der Waals surface area contributed by atoms with Crippen LogP contribution in [0.5, 0.6) is 0 Å². The van der Waals surface area contributed by atoms with Crippen LogP contribution in [0.25, 0.3) is 5.65 Å². The molecule has 0 unspecified atom stereocenters. The first-order valence-electron chi connectivity index (χ1n) is 6.56. The van der Waals surface area contributed by atoms with Crippen molar-refractivity contribution in [3.8, 4) is 0 Å². The Labute approximate surface area is 116 Å². The lowest BCUT2D eigenvalue weighted by Gasteiger charge is -2.25. The van der Waals surface area contributed by atoms with Crippen molar-refractivity contribution in [1.82, 2.24) is 18.5 Å². The molecule has 0 atom stereocenters.